The Kier molecular flexibility index (Phi) is 8.63. The van der Waals surface area contributed by atoms with Gasteiger partial charge in [-0.3, -0.25) is 4.98 Å². The van der Waals surface area contributed by atoms with Crippen molar-refractivity contribution in [3.63, 3.8) is 0 Å². The second kappa shape index (κ2) is 11.3. The molecule has 0 aliphatic carbocycles. The largest absolute Gasteiger partial charge is 0.461 e. The number of amides is 2. The highest BCUT2D eigenvalue weighted by molar-refractivity contribution is 6.30. The lowest BCUT2D eigenvalue weighted by molar-refractivity contribution is -0.253. The van der Waals surface area contributed by atoms with Crippen LogP contribution in [0.1, 0.15) is 36.2 Å². The van der Waals surface area contributed by atoms with E-state index in [2.05, 4.69) is 20.4 Å². The molecular weight excluding hydrogens is 517 g/mol. The number of carbonyl (C=O) groups excluding carboxylic acids is 1. The Labute approximate surface area is 216 Å². The number of alkyl halides is 4. The van der Waals surface area contributed by atoms with Gasteiger partial charge >= 0.3 is 18.6 Å². The second-order valence-electron chi connectivity index (χ2n) is 8.82. The number of benzene rings is 2. The van der Waals surface area contributed by atoms with Gasteiger partial charge in [0.05, 0.1) is 10.7 Å². The van der Waals surface area contributed by atoms with Gasteiger partial charge < -0.3 is 15.4 Å². The summed E-state index contributed by atoms with van der Waals surface area (Å²) in [6.07, 6.45) is -7.72. The van der Waals surface area contributed by atoms with E-state index < -0.39 is 35.7 Å². The summed E-state index contributed by atoms with van der Waals surface area (Å²) < 4.78 is 71.9. The third-order valence-corrected chi connectivity index (χ3v) is 5.60. The van der Waals surface area contributed by atoms with Gasteiger partial charge in [-0.15, -0.1) is 0 Å². The number of pyridine rings is 1. The minimum Gasteiger partial charge on any atom is -0.428 e. The van der Waals surface area contributed by atoms with Gasteiger partial charge in [0.2, 0.25) is 0 Å². The van der Waals surface area contributed by atoms with E-state index in [1.807, 2.05) is 19.1 Å². The van der Waals surface area contributed by atoms with Crippen LogP contribution in [0.2, 0.25) is 5.02 Å². The highest BCUT2D eigenvalue weighted by Crippen LogP contribution is 2.37. The van der Waals surface area contributed by atoms with Gasteiger partial charge in [-0.05, 0) is 56.2 Å². The van der Waals surface area contributed by atoms with Crippen molar-refractivity contribution < 1.29 is 31.5 Å². The molecule has 0 saturated heterocycles. The van der Waals surface area contributed by atoms with E-state index in [1.54, 1.807) is 26.0 Å². The highest BCUT2D eigenvalue weighted by Gasteiger charge is 2.45. The maximum atomic E-state index is 14.8. The average Bonchev–Trinajstić information content (AvgIpc) is 2.79. The van der Waals surface area contributed by atoms with Crippen molar-refractivity contribution in [2.24, 2.45) is 0 Å². The van der Waals surface area contributed by atoms with Crippen LogP contribution in [0.5, 0.6) is 5.75 Å². The monoisotopic (exact) mass is 541 g/mol. The number of nitrogens with one attached hydrogen (secondary N) is 2. The van der Waals surface area contributed by atoms with E-state index in [-0.39, 0.29) is 28.7 Å². The van der Waals surface area contributed by atoms with Crippen LogP contribution >= 0.6 is 11.6 Å². The third kappa shape index (κ3) is 7.09. The van der Waals surface area contributed by atoms with Gasteiger partial charge in [0, 0.05) is 24.7 Å². The van der Waals surface area contributed by atoms with Crippen molar-refractivity contribution in [1.29, 1.82) is 0 Å². The minimum absolute atomic E-state index is 0.0123. The van der Waals surface area contributed by atoms with E-state index in [4.69, 9.17) is 11.6 Å². The predicted molar refractivity (Wildman–Crippen MR) is 130 cm³/mol. The zero-order chi connectivity index (χ0) is 27.4. The lowest BCUT2D eigenvalue weighted by atomic mass is 9.80. The molecule has 2 amide bonds. The number of nitrogens with zero attached hydrogens (tertiary/aromatic N) is 1. The van der Waals surface area contributed by atoms with E-state index in [0.29, 0.717) is 11.6 Å². The fourth-order valence-electron chi connectivity index (χ4n) is 3.72. The van der Waals surface area contributed by atoms with Crippen LogP contribution in [0.3, 0.4) is 0 Å². The predicted octanol–water partition coefficient (Wildman–Crippen LogP) is 6.61. The number of urea groups is 1. The Morgan fingerprint density at radius 2 is 1.76 bits per heavy atom. The highest BCUT2D eigenvalue weighted by atomic mass is 35.5. The van der Waals surface area contributed by atoms with Crippen LogP contribution in [0, 0.1) is 12.7 Å². The summed E-state index contributed by atoms with van der Waals surface area (Å²) in [7, 11) is 0. The summed E-state index contributed by atoms with van der Waals surface area (Å²) in [5.74, 6) is -1.90. The molecule has 3 aromatic rings. The SMILES string of the molecule is Cc1ccc(C[C@](NC(=O)NC(C)C)(c2cc(F)cc(OC(F)(F)C(F)F)c2)c2ccc(Cl)cn2)cc1. The van der Waals surface area contributed by atoms with E-state index >= 15 is 0 Å². The lowest BCUT2D eigenvalue weighted by Crippen LogP contribution is -2.53. The van der Waals surface area contributed by atoms with Crippen molar-refractivity contribution in [3.8, 4) is 5.75 Å². The number of carbonyl (C=O) groups is 1. The van der Waals surface area contributed by atoms with Gasteiger partial charge in [0.1, 0.15) is 17.1 Å². The molecule has 2 N–H and O–H groups in total. The number of halogens is 6. The average molecular weight is 542 g/mol. The fourth-order valence-corrected chi connectivity index (χ4v) is 3.83. The Balaban J connectivity index is 2.26. The van der Waals surface area contributed by atoms with Crippen LogP contribution in [0.4, 0.5) is 26.7 Å². The number of hydrogen-bond acceptors (Lipinski definition) is 3. The van der Waals surface area contributed by atoms with Crippen LogP contribution in [-0.4, -0.2) is 29.6 Å². The fraction of sp³-hybridized carbons (Fsp3) is 0.308. The van der Waals surface area contributed by atoms with Crippen LogP contribution in [0.15, 0.2) is 60.8 Å². The van der Waals surface area contributed by atoms with Crippen molar-refractivity contribution in [2.75, 3.05) is 0 Å². The molecule has 0 spiro atoms. The number of aromatic nitrogens is 1. The molecular formula is C26H25ClF5N3O2. The molecule has 0 aliphatic heterocycles. The molecule has 1 heterocycles. The lowest BCUT2D eigenvalue weighted by Gasteiger charge is -2.36. The Morgan fingerprint density at radius 1 is 1.08 bits per heavy atom. The molecule has 0 bridgehead atoms. The summed E-state index contributed by atoms with van der Waals surface area (Å²) >= 11 is 6.02. The van der Waals surface area contributed by atoms with E-state index in [0.717, 1.165) is 17.7 Å². The Hall–Kier alpha value is -3.40. The maximum Gasteiger partial charge on any atom is 0.461 e. The van der Waals surface area contributed by atoms with Crippen LogP contribution < -0.4 is 15.4 Å². The number of ether oxygens (including phenoxy) is 1. The molecule has 1 atom stereocenters. The number of hydrogen-bond donors (Lipinski definition) is 2. The van der Waals surface area contributed by atoms with Crippen molar-refractivity contribution >= 4 is 17.6 Å². The first kappa shape index (κ1) is 28.2. The molecule has 11 heteroatoms. The minimum atomic E-state index is -4.87. The van der Waals surface area contributed by atoms with E-state index in [1.165, 1.54) is 18.3 Å². The molecule has 198 valence electrons. The Morgan fingerprint density at radius 3 is 2.32 bits per heavy atom. The van der Waals surface area contributed by atoms with Gasteiger partial charge in [0.25, 0.3) is 0 Å². The zero-order valence-electron chi connectivity index (χ0n) is 20.2. The van der Waals surface area contributed by atoms with Crippen LogP contribution in [-0.2, 0) is 12.0 Å². The van der Waals surface area contributed by atoms with Gasteiger partial charge in [0.15, 0.2) is 0 Å². The molecule has 0 fully saturated rings. The van der Waals surface area contributed by atoms with E-state index in [9.17, 15) is 26.7 Å². The molecule has 37 heavy (non-hydrogen) atoms. The molecule has 0 radical (unpaired) electrons. The summed E-state index contributed by atoms with van der Waals surface area (Å²) in [5, 5.41) is 5.76. The normalized spacial score (nSPS) is 13.4. The maximum absolute atomic E-state index is 14.8. The van der Waals surface area contributed by atoms with Crippen molar-refractivity contribution in [2.45, 2.75) is 51.3 Å². The third-order valence-electron chi connectivity index (χ3n) is 5.37. The first-order valence-corrected chi connectivity index (χ1v) is 11.6. The molecule has 0 unspecified atom stereocenters. The first-order chi connectivity index (χ1) is 17.3. The van der Waals surface area contributed by atoms with Gasteiger partial charge in [-0.2, -0.15) is 17.6 Å². The summed E-state index contributed by atoms with van der Waals surface area (Å²) in [6.45, 7) is 5.33. The Bertz CT molecular complexity index is 1220. The molecule has 0 saturated carbocycles. The quantitative estimate of drug-likeness (QED) is 0.300. The molecule has 3 rings (SSSR count). The number of aryl methyl sites for hydroxylation is 1. The topological polar surface area (TPSA) is 63.2 Å². The number of rotatable bonds is 9. The summed E-state index contributed by atoms with van der Waals surface area (Å²) in [6, 6.07) is 11.8. The van der Waals surface area contributed by atoms with Crippen LogP contribution in [0.25, 0.3) is 0 Å². The second-order valence-corrected chi connectivity index (χ2v) is 9.26. The summed E-state index contributed by atoms with van der Waals surface area (Å²) in [4.78, 5) is 17.3. The zero-order valence-corrected chi connectivity index (χ0v) is 20.9. The molecule has 5 nitrogen and oxygen atoms in total. The molecule has 1 aromatic heterocycles. The van der Waals surface area contributed by atoms with Gasteiger partial charge in [-0.25, -0.2) is 9.18 Å². The summed E-state index contributed by atoms with van der Waals surface area (Å²) in [5.41, 5.74) is 0.103. The first-order valence-electron chi connectivity index (χ1n) is 11.2. The molecule has 0 aliphatic rings. The van der Waals surface area contributed by atoms with Crippen molar-refractivity contribution in [1.82, 2.24) is 15.6 Å². The standard InChI is InChI=1S/C26H25ClF5N3O2/c1-15(2)34-24(36)35-25(22-9-8-19(27)14-33-22,13-17-6-4-16(3)5-7-17)18-10-20(28)12-21(11-18)37-26(31,32)23(29)30/h4-12,14-15,23H,13H2,1-3H3,(H2,34,35,36)/t25-/m0/s1. The van der Waals surface area contributed by atoms with Crippen molar-refractivity contribution in [3.05, 3.63) is 94.0 Å². The molecule has 2 aromatic carbocycles. The van der Waals surface area contributed by atoms with Gasteiger partial charge in [-0.1, -0.05) is 41.4 Å². The smallest absolute Gasteiger partial charge is 0.428 e.